The molecule has 0 radical (unpaired) electrons. The van der Waals surface area contributed by atoms with E-state index in [2.05, 4.69) is 37.7 Å². The van der Waals surface area contributed by atoms with Gasteiger partial charge in [0.2, 0.25) is 0 Å². The van der Waals surface area contributed by atoms with Crippen molar-refractivity contribution in [2.75, 3.05) is 0 Å². The molecule has 2 heteroatoms. The molecule has 1 aromatic rings. The second kappa shape index (κ2) is 5.08. The number of nitrogens with zero attached hydrogens (tertiary/aromatic N) is 2. The molecule has 0 aliphatic carbocycles. The Hall–Kier alpha value is -0.920. The van der Waals surface area contributed by atoms with E-state index in [4.69, 9.17) is 0 Å². The average Bonchev–Trinajstić information content (AvgIpc) is 2.16. The van der Waals surface area contributed by atoms with Crippen LogP contribution in [0.15, 0.2) is 12.4 Å². The van der Waals surface area contributed by atoms with Crippen LogP contribution in [0, 0.1) is 5.92 Å². The fraction of sp³-hybridized carbons (Fsp3) is 0.667. The van der Waals surface area contributed by atoms with Gasteiger partial charge in [-0.2, -0.15) is 0 Å². The number of rotatable bonds is 4. The number of aromatic nitrogens is 2. The van der Waals surface area contributed by atoms with Crippen molar-refractivity contribution in [1.82, 2.24) is 9.97 Å². The second-order valence-electron chi connectivity index (χ2n) is 4.34. The molecule has 1 unspecified atom stereocenters. The summed E-state index contributed by atoms with van der Waals surface area (Å²) >= 11 is 0. The van der Waals surface area contributed by atoms with Gasteiger partial charge in [0.1, 0.15) is 0 Å². The van der Waals surface area contributed by atoms with Gasteiger partial charge in [0, 0.05) is 12.4 Å². The molecule has 0 aliphatic rings. The first-order valence-electron chi connectivity index (χ1n) is 5.44. The van der Waals surface area contributed by atoms with Gasteiger partial charge in [-0.25, -0.2) is 0 Å². The molecule has 0 spiro atoms. The highest BCUT2D eigenvalue weighted by Gasteiger charge is 2.06. The molecule has 1 atom stereocenters. The summed E-state index contributed by atoms with van der Waals surface area (Å²) in [6.07, 6.45) is 5.92. The Labute approximate surface area is 86.8 Å². The first-order chi connectivity index (χ1) is 6.63. The maximum absolute atomic E-state index is 4.62. The van der Waals surface area contributed by atoms with Gasteiger partial charge in [0.05, 0.1) is 11.4 Å². The predicted molar refractivity (Wildman–Crippen MR) is 59.3 cm³/mol. The van der Waals surface area contributed by atoms with Gasteiger partial charge in [0.25, 0.3) is 0 Å². The number of hydrogen-bond donors (Lipinski definition) is 0. The van der Waals surface area contributed by atoms with Crippen molar-refractivity contribution in [2.45, 2.75) is 46.5 Å². The van der Waals surface area contributed by atoms with Crippen LogP contribution in [0.2, 0.25) is 0 Å². The average molecular weight is 192 g/mol. The summed E-state index contributed by atoms with van der Waals surface area (Å²) in [4.78, 5) is 8.87. The molecule has 0 saturated carbocycles. The highest BCUT2D eigenvalue weighted by molar-refractivity contribution is 5.07. The summed E-state index contributed by atoms with van der Waals surface area (Å²) in [5.41, 5.74) is 2.25. The molecular weight excluding hydrogens is 172 g/mol. The molecule has 2 nitrogen and oxygen atoms in total. The lowest BCUT2D eigenvalue weighted by molar-refractivity contribution is 0.621. The molecular formula is C12H20N2. The molecule has 0 N–H and O–H groups in total. The minimum Gasteiger partial charge on any atom is -0.261 e. The smallest absolute Gasteiger partial charge is 0.0618 e. The lowest BCUT2D eigenvalue weighted by Gasteiger charge is -2.09. The third-order valence-corrected chi connectivity index (χ3v) is 2.44. The lowest BCUT2D eigenvalue weighted by Crippen LogP contribution is -2.03. The van der Waals surface area contributed by atoms with E-state index in [0.29, 0.717) is 11.8 Å². The van der Waals surface area contributed by atoms with Crippen molar-refractivity contribution >= 4 is 0 Å². The summed E-state index contributed by atoms with van der Waals surface area (Å²) in [6, 6.07) is 0. The molecule has 1 heterocycles. The first-order valence-corrected chi connectivity index (χ1v) is 5.44. The standard InChI is InChI=1S/C12H20N2/c1-5-10(4)12-8-13-7-11(14-12)6-9(2)3/h7-10H,5-6H2,1-4H3. The van der Waals surface area contributed by atoms with Crippen LogP contribution in [0.5, 0.6) is 0 Å². The van der Waals surface area contributed by atoms with Crippen LogP contribution in [0.3, 0.4) is 0 Å². The molecule has 0 fully saturated rings. The van der Waals surface area contributed by atoms with E-state index in [1.807, 2.05) is 12.4 Å². The summed E-state index contributed by atoms with van der Waals surface area (Å²) in [6.45, 7) is 8.79. The zero-order valence-electron chi connectivity index (χ0n) is 9.62. The van der Waals surface area contributed by atoms with Crippen molar-refractivity contribution in [2.24, 2.45) is 5.92 Å². The summed E-state index contributed by atoms with van der Waals surface area (Å²) in [5.74, 6) is 1.17. The van der Waals surface area contributed by atoms with Crippen molar-refractivity contribution in [1.29, 1.82) is 0 Å². The Morgan fingerprint density at radius 3 is 2.50 bits per heavy atom. The maximum atomic E-state index is 4.62. The molecule has 1 aromatic heterocycles. The normalized spacial score (nSPS) is 13.2. The minimum absolute atomic E-state index is 0.523. The van der Waals surface area contributed by atoms with Crippen LogP contribution in [0.25, 0.3) is 0 Å². The largest absolute Gasteiger partial charge is 0.261 e. The fourth-order valence-corrected chi connectivity index (χ4v) is 1.39. The van der Waals surface area contributed by atoms with Gasteiger partial charge in [-0.05, 0) is 24.7 Å². The van der Waals surface area contributed by atoms with E-state index in [1.54, 1.807) is 0 Å². The van der Waals surface area contributed by atoms with Gasteiger partial charge in [0.15, 0.2) is 0 Å². The van der Waals surface area contributed by atoms with Crippen LogP contribution >= 0.6 is 0 Å². The van der Waals surface area contributed by atoms with Gasteiger partial charge in [-0.3, -0.25) is 9.97 Å². The molecule has 0 aromatic carbocycles. The summed E-state index contributed by atoms with van der Waals surface area (Å²) < 4.78 is 0. The van der Waals surface area contributed by atoms with Gasteiger partial charge in [-0.1, -0.05) is 27.7 Å². The topological polar surface area (TPSA) is 25.8 Å². The van der Waals surface area contributed by atoms with Gasteiger partial charge < -0.3 is 0 Å². The Kier molecular flexibility index (Phi) is 4.05. The monoisotopic (exact) mass is 192 g/mol. The Morgan fingerprint density at radius 2 is 1.93 bits per heavy atom. The second-order valence-corrected chi connectivity index (χ2v) is 4.34. The van der Waals surface area contributed by atoms with Crippen LogP contribution in [-0.4, -0.2) is 9.97 Å². The van der Waals surface area contributed by atoms with Crippen LogP contribution in [-0.2, 0) is 6.42 Å². The Bertz CT molecular complexity index is 281. The quantitative estimate of drug-likeness (QED) is 0.732. The molecule has 14 heavy (non-hydrogen) atoms. The van der Waals surface area contributed by atoms with E-state index in [1.165, 1.54) is 0 Å². The predicted octanol–water partition coefficient (Wildman–Crippen LogP) is 3.19. The van der Waals surface area contributed by atoms with Gasteiger partial charge >= 0.3 is 0 Å². The third-order valence-electron chi connectivity index (χ3n) is 2.44. The molecule has 1 rings (SSSR count). The maximum Gasteiger partial charge on any atom is 0.0618 e. The molecule has 78 valence electrons. The van der Waals surface area contributed by atoms with E-state index < -0.39 is 0 Å². The van der Waals surface area contributed by atoms with Crippen molar-refractivity contribution < 1.29 is 0 Å². The molecule has 0 saturated heterocycles. The van der Waals surface area contributed by atoms with Crippen molar-refractivity contribution in [3.63, 3.8) is 0 Å². The minimum atomic E-state index is 0.523. The van der Waals surface area contributed by atoms with E-state index in [9.17, 15) is 0 Å². The Morgan fingerprint density at radius 1 is 1.21 bits per heavy atom. The summed E-state index contributed by atoms with van der Waals surface area (Å²) in [7, 11) is 0. The third kappa shape index (κ3) is 3.09. The van der Waals surface area contributed by atoms with E-state index in [-0.39, 0.29) is 0 Å². The van der Waals surface area contributed by atoms with Crippen molar-refractivity contribution in [3.8, 4) is 0 Å². The first kappa shape index (κ1) is 11.2. The lowest BCUT2D eigenvalue weighted by atomic mass is 10.0. The van der Waals surface area contributed by atoms with E-state index >= 15 is 0 Å². The van der Waals surface area contributed by atoms with Gasteiger partial charge in [-0.15, -0.1) is 0 Å². The zero-order chi connectivity index (χ0) is 10.6. The van der Waals surface area contributed by atoms with Crippen LogP contribution in [0.4, 0.5) is 0 Å². The van der Waals surface area contributed by atoms with E-state index in [0.717, 1.165) is 24.2 Å². The molecule has 0 bridgehead atoms. The van der Waals surface area contributed by atoms with Crippen LogP contribution < -0.4 is 0 Å². The Balaban J connectivity index is 2.78. The highest BCUT2D eigenvalue weighted by atomic mass is 14.8. The highest BCUT2D eigenvalue weighted by Crippen LogP contribution is 2.16. The summed E-state index contributed by atoms with van der Waals surface area (Å²) in [5, 5.41) is 0. The van der Waals surface area contributed by atoms with Crippen LogP contribution in [0.1, 0.15) is 51.4 Å². The number of hydrogen-bond acceptors (Lipinski definition) is 2. The zero-order valence-corrected chi connectivity index (χ0v) is 9.62. The fourth-order valence-electron chi connectivity index (χ4n) is 1.39. The SMILES string of the molecule is CCC(C)c1cncc(CC(C)C)n1. The molecule has 0 amide bonds. The van der Waals surface area contributed by atoms with Crippen molar-refractivity contribution in [3.05, 3.63) is 23.8 Å². The molecule has 0 aliphatic heterocycles.